The molecule has 1 aromatic rings. The van der Waals surface area contributed by atoms with E-state index in [0.29, 0.717) is 24.7 Å². The number of hydrogen-bond donors (Lipinski definition) is 1. The topological polar surface area (TPSA) is 58.2 Å². The van der Waals surface area contributed by atoms with E-state index in [9.17, 15) is 4.79 Å². The van der Waals surface area contributed by atoms with Gasteiger partial charge in [0, 0.05) is 19.0 Å². The molecule has 1 saturated heterocycles. The molecule has 19 heavy (non-hydrogen) atoms. The Balaban J connectivity index is 1.79. The summed E-state index contributed by atoms with van der Waals surface area (Å²) in [6.45, 7) is 5.23. The maximum Gasteiger partial charge on any atom is 0.275 e. The van der Waals surface area contributed by atoms with Crippen molar-refractivity contribution in [3.63, 3.8) is 0 Å². The van der Waals surface area contributed by atoms with E-state index in [2.05, 4.69) is 26.1 Å². The molecule has 5 nitrogen and oxygen atoms in total. The number of rotatable bonds is 2. The van der Waals surface area contributed by atoms with E-state index in [0.717, 1.165) is 10.2 Å². The minimum Gasteiger partial charge on any atom is -0.372 e. The SMILES string of the molecule is C[C@@H]1CN(C(=O)c2n[nH]c(C3CC3)c2Br)C[C@H](C)O1. The van der Waals surface area contributed by atoms with Gasteiger partial charge in [-0.15, -0.1) is 0 Å². The molecule has 0 radical (unpaired) electrons. The van der Waals surface area contributed by atoms with Crippen LogP contribution in [0, 0.1) is 0 Å². The normalized spacial score (nSPS) is 27.6. The van der Waals surface area contributed by atoms with Crippen LogP contribution in [-0.4, -0.2) is 46.3 Å². The number of carbonyl (C=O) groups excluding carboxylic acids is 1. The highest BCUT2D eigenvalue weighted by Gasteiger charge is 2.33. The molecular formula is C13H18BrN3O2. The highest BCUT2D eigenvalue weighted by Crippen LogP contribution is 2.43. The zero-order chi connectivity index (χ0) is 13.6. The molecule has 0 aromatic carbocycles. The van der Waals surface area contributed by atoms with Gasteiger partial charge in [0.2, 0.25) is 0 Å². The summed E-state index contributed by atoms with van der Waals surface area (Å²) in [5, 5.41) is 7.20. The van der Waals surface area contributed by atoms with Crippen molar-refractivity contribution in [2.24, 2.45) is 0 Å². The Labute approximate surface area is 120 Å². The summed E-state index contributed by atoms with van der Waals surface area (Å²) in [7, 11) is 0. The minimum atomic E-state index is -0.0166. The molecule has 2 aliphatic rings. The van der Waals surface area contributed by atoms with E-state index in [1.807, 2.05) is 18.7 Å². The molecule has 1 aromatic heterocycles. The summed E-state index contributed by atoms with van der Waals surface area (Å²) in [5.41, 5.74) is 1.57. The van der Waals surface area contributed by atoms with Crippen LogP contribution in [0.3, 0.4) is 0 Å². The third-order valence-electron chi connectivity index (χ3n) is 3.63. The van der Waals surface area contributed by atoms with Gasteiger partial charge < -0.3 is 9.64 Å². The highest BCUT2D eigenvalue weighted by atomic mass is 79.9. The molecule has 6 heteroatoms. The van der Waals surface area contributed by atoms with Crippen LogP contribution in [0.4, 0.5) is 0 Å². The molecule has 1 saturated carbocycles. The highest BCUT2D eigenvalue weighted by molar-refractivity contribution is 9.10. The van der Waals surface area contributed by atoms with Gasteiger partial charge in [-0.05, 0) is 42.6 Å². The van der Waals surface area contributed by atoms with Crippen LogP contribution in [0.1, 0.15) is 48.8 Å². The number of aromatic amines is 1. The Hall–Kier alpha value is -0.880. The molecule has 1 aliphatic carbocycles. The number of halogens is 1. The molecule has 0 spiro atoms. The van der Waals surface area contributed by atoms with Crippen LogP contribution in [-0.2, 0) is 4.74 Å². The second kappa shape index (κ2) is 4.90. The Morgan fingerprint density at radius 1 is 1.37 bits per heavy atom. The molecule has 2 atom stereocenters. The average molecular weight is 328 g/mol. The number of H-pyrrole nitrogens is 1. The average Bonchev–Trinajstić information content (AvgIpc) is 3.11. The third kappa shape index (κ3) is 2.56. The van der Waals surface area contributed by atoms with Gasteiger partial charge in [0.05, 0.1) is 22.4 Å². The number of amides is 1. The molecule has 1 amide bonds. The first-order valence-electron chi connectivity index (χ1n) is 6.74. The fraction of sp³-hybridized carbons (Fsp3) is 0.692. The van der Waals surface area contributed by atoms with E-state index >= 15 is 0 Å². The van der Waals surface area contributed by atoms with Crippen LogP contribution < -0.4 is 0 Å². The van der Waals surface area contributed by atoms with Gasteiger partial charge in [-0.2, -0.15) is 5.10 Å². The van der Waals surface area contributed by atoms with E-state index < -0.39 is 0 Å². The van der Waals surface area contributed by atoms with Gasteiger partial charge >= 0.3 is 0 Å². The maximum absolute atomic E-state index is 12.5. The van der Waals surface area contributed by atoms with Gasteiger partial charge in [-0.25, -0.2) is 0 Å². The first-order valence-corrected chi connectivity index (χ1v) is 7.54. The minimum absolute atomic E-state index is 0.0166. The van der Waals surface area contributed by atoms with E-state index in [4.69, 9.17) is 4.74 Å². The van der Waals surface area contributed by atoms with Crippen molar-refractivity contribution in [2.75, 3.05) is 13.1 Å². The Bertz CT molecular complexity index is 488. The molecule has 1 aliphatic heterocycles. The Morgan fingerprint density at radius 2 is 2.00 bits per heavy atom. The molecular weight excluding hydrogens is 310 g/mol. The number of aromatic nitrogens is 2. The van der Waals surface area contributed by atoms with Crippen LogP contribution >= 0.6 is 15.9 Å². The molecule has 2 fully saturated rings. The van der Waals surface area contributed by atoms with Gasteiger partial charge in [0.15, 0.2) is 5.69 Å². The third-order valence-corrected chi connectivity index (χ3v) is 4.43. The van der Waals surface area contributed by atoms with Crippen molar-refractivity contribution in [3.8, 4) is 0 Å². The Kier molecular flexibility index (Phi) is 3.39. The molecule has 0 unspecified atom stereocenters. The van der Waals surface area contributed by atoms with Crippen molar-refractivity contribution in [2.45, 2.75) is 44.8 Å². The van der Waals surface area contributed by atoms with E-state index in [1.165, 1.54) is 12.8 Å². The lowest BCUT2D eigenvalue weighted by molar-refractivity contribution is -0.0587. The van der Waals surface area contributed by atoms with Gasteiger partial charge in [-0.3, -0.25) is 9.89 Å². The standard InChI is InChI=1S/C13H18BrN3O2/c1-7-5-17(6-8(2)19-7)13(18)12-10(14)11(15-16-12)9-3-4-9/h7-9H,3-6H2,1-2H3,(H,15,16)/t7-,8+. The summed E-state index contributed by atoms with van der Waals surface area (Å²) in [4.78, 5) is 14.4. The van der Waals surface area contributed by atoms with Crippen LogP contribution in [0.2, 0.25) is 0 Å². The van der Waals surface area contributed by atoms with Crippen molar-refractivity contribution in [1.82, 2.24) is 15.1 Å². The second-order valence-corrected chi connectivity index (χ2v) is 6.33. The molecule has 0 bridgehead atoms. The van der Waals surface area contributed by atoms with Crippen LogP contribution in [0.25, 0.3) is 0 Å². The van der Waals surface area contributed by atoms with Crippen LogP contribution in [0.5, 0.6) is 0 Å². The number of nitrogens with zero attached hydrogens (tertiary/aromatic N) is 2. The largest absolute Gasteiger partial charge is 0.372 e. The van der Waals surface area contributed by atoms with Gasteiger partial charge in [0.1, 0.15) is 0 Å². The van der Waals surface area contributed by atoms with Crippen LogP contribution in [0.15, 0.2) is 4.47 Å². The first kappa shape index (κ1) is 13.1. The number of morpholine rings is 1. The number of nitrogens with one attached hydrogen (secondary N) is 1. The summed E-state index contributed by atoms with van der Waals surface area (Å²) in [6, 6.07) is 0. The summed E-state index contributed by atoms with van der Waals surface area (Å²) >= 11 is 3.52. The zero-order valence-electron chi connectivity index (χ0n) is 11.1. The molecule has 3 rings (SSSR count). The van der Waals surface area contributed by atoms with Gasteiger partial charge in [-0.1, -0.05) is 0 Å². The fourth-order valence-electron chi connectivity index (χ4n) is 2.62. The number of hydrogen-bond acceptors (Lipinski definition) is 3. The Morgan fingerprint density at radius 3 is 2.58 bits per heavy atom. The smallest absolute Gasteiger partial charge is 0.275 e. The lowest BCUT2D eigenvalue weighted by Gasteiger charge is -2.34. The molecule has 2 heterocycles. The second-order valence-electron chi connectivity index (χ2n) is 5.54. The maximum atomic E-state index is 12.5. The quantitative estimate of drug-likeness (QED) is 0.906. The summed E-state index contributed by atoms with van der Waals surface area (Å²) in [6.07, 6.45) is 2.52. The lowest BCUT2D eigenvalue weighted by atomic mass is 10.2. The van der Waals surface area contributed by atoms with Crippen molar-refractivity contribution >= 4 is 21.8 Å². The van der Waals surface area contributed by atoms with Gasteiger partial charge in [0.25, 0.3) is 5.91 Å². The summed E-state index contributed by atoms with van der Waals surface area (Å²) in [5.74, 6) is 0.531. The van der Waals surface area contributed by atoms with Crippen molar-refractivity contribution < 1.29 is 9.53 Å². The lowest BCUT2D eigenvalue weighted by Crippen LogP contribution is -2.48. The fourth-order valence-corrected chi connectivity index (χ4v) is 3.29. The van der Waals surface area contributed by atoms with E-state index in [-0.39, 0.29) is 18.1 Å². The predicted octanol–water partition coefficient (Wildman–Crippen LogP) is 2.30. The molecule has 104 valence electrons. The number of carbonyl (C=O) groups is 1. The van der Waals surface area contributed by atoms with E-state index in [1.54, 1.807) is 0 Å². The summed E-state index contributed by atoms with van der Waals surface area (Å²) < 4.78 is 6.49. The predicted molar refractivity (Wildman–Crippen MR) is 74.2 cm³/mol. The van der Waals surface area contributed by atoms with Crippen molar-refractivity contribution in [3.05, 3.63) is 15.9 Å². The zero-order valence-corrected chi connectivity index (χ0v) is 12.7. The monoisotopic (exact) mass is 327 g/mol. The molecule has 1 N–H and O–H groups in total. The first-order chi connectivity index (χ1) is 9.06. The van der Waals surface area contributed by atoms with Crippen molar-refractivity contribution in [1.29, 1.82) is 0 Å². The number of ether oxygens (including phenoxy) is 1.